The summed E-state index contributed by atoms with van der Waals surface area (Å²) in [5, 5.41) is 10.6. The molecular formula is C20H23N5OS. The number of anilines is 1. The Labute approximate surface area is 162 Å². The SMILES string of the molecule is c1ccc(-c2[nH]ncc2CN2CCOC3(CCN(c4nccs4)C3)C2)cc1. The van der Waals surface area contributed by atoms with Gasteiger partial charge in [-0.25, -0.2) is 4.98 Å². The largest absolute Gasteiger partial charge is 0.370 e. The zero-order valence-electron chi connectivity index (χ0n) is 15.2. The molecule has 0 aliphatic carbocycles. The van der Waals surface area contributed by atoms with Crippen molar-refractivity contribution in [3.8, 4) is 11.3 Å². The Morgan fingerprint density at radius 1 is 1.19 bits per heavy atom. The normalized spacial score (nSPS) is 23.3. The fraction of sp³-hybridized carbons (Fsp3) is 0.400. The highest BCUT2D eigenvalue weighted by molar-refractivity contribution is 7.13. The second kappa shape index (κ2) is 7.07. The molecule has 2 saturated heterocycles. The molecule has 5 rings (SSSR count). The Morgan fingerprint density at radius 3 is 2.96 bits per heavy atom. The highest BCUT2D eigenvalue weighted by atomic mass is 32.1. The predicted molar refractivity (Wildman–Crippen MR) is 107 cm³/mol. The molecule has 1 N–H and O–H groups in total. The molecule has 1 unspecified atom stereocenters. The van der Waals surface area contributed by atoms with Crippen LogP contribution in [0.15, 0.2) is 48.1 Å². The van der Waals surface area contributed by atoms with Gasteiger partial charge in [0, 0.05) is 43.3 Å². The van der Waals surface area contributed by atoms with Gasteiger partial charge in [-0.1, -0.05) is 30.3 Å². The number of ether oxygens (including phenoxy) is 1. The van der Waals surface area contributed by atoms with Crippen LogP contribution in [0.25, 0.3) is 11.3 Å². The van der Waals surface area contributed by atoms with Crippen LogP contribution < -0.4 is 4.90 Å². The van der Waals surface area contributed by atoms with Crippen molar-refractivity contribution >= 4 is 16.5 Å². The molecule has 4 heterocycles. The Morgan fingerprint density at radius 2 is 2.11 bits per heavy atom. The maximum atomic E-state index is 6.29. The molecule has 0 radical (unpaired) electrons. The molecule has 1 atom stereocenters. The lowest BCUT2D eigenvalue weighted by Crippen LogP contribution is -2.53. The van der Waals surface area contributed by atoms with Crippen LogP contribution in [0.1, 0.15) is 12.0 Å². The molecule has 0 bridgehead atoms. The maximum Gasteiger partial charge on any atom is 0.185 e. The molecule has 27 heavy (non-hydrogen) atoms. The van der Waals surface area contributed by atoms with E-state index in [2.05, 4.69) is 49.2 Å². The Bertz CT molecular complexity index is 881. The average molecular weight is 382 g/mol. The van der Waals surface area contributed by atoms with Gasteiger partial charge in [0.2, 0.25) is 0 Å². The Hall–Kier alpha value is -2.22. The predicted octanol–water partition coefficient (Wildman–Crippen LogP) is 3.01. The van der Waals surface area contributed by atoms with E-state index in [4.69, 9.17) is 4.74 Å². The minimum Gasteiger partial charge on any atom is -0.370 e. The maximum absolute atomic E-state index is 6.29. The van der Waals surface area contributed by atoms with Crippen LogP contribution in [0.5, 0.6) is 0 Å². The zero-order chi connectivity index (χ0) is 18.1. The van der Waals surface area contributed by atoms with Crippen molar-refractivity contribution in [3.05, 3.63) is 53.7 Å². The third-order valence-corrected chi connectivity index (χ3v) is 6.34. The van der Waals surface area contributed by atoms with E-state index in [0.29, 0.717) is 0 Å². The number of aromatic amines is 1. The van der Waals surface area contributed by atoms with Crippen molar-refractivity contribution in [2.75, 3.05) is 37.7 Å². The van der Waals surface area contributed by atoms with E-state index in [1.165, 1.54) is 11.1 Å². The summed E-state index contributed by atoms with van der Waals surface area (Å²) in [6.07, 6.45) is 4.89. The van der Waals surface area contributed by atoms with E-state index in [9.17, 15) is 0 Å². The van der Waals surface area contributed by atoms with Gasteiger partial charge < -0.3 is 9.64 Å². The first-order valence-electron chi connectivity index (χ1n) is 9.40. The van der Waals surface area contributed by atoms with Gasteiger partial charge in [-0.2, -0.15) is 5.10 Å². The lowest BCUT2D eigenvalue weighted by atomic mass is 10.00. The van der Waals surface area contributed by atoms with Crippen molar-refractivity contribution in [3.63, 3.8) is 0 Å². The van der Waals surface area contributed by atoms with Crippen molar-refractivity contribution in [2.45, 2.75) is 18.6 Å². The minimum absolute atomic E-state index is 0.0828. The smallest absolute Gasteiger partial charge is 0.185 e. The number of nitrogens with zero attached hydrogens (tertiary/aromatic N) is 4. The molecule has 3 aromatic rings. The third-order valence-electron chi connectivity index (χ3n) is 5.51. The minimum atomic E-state index is -0.0828. The molecular weight excluding hydrogens is 358 g/mol. The summed E-state index contributed by atoms with van der Waals surface area (Å²) in [4.78, 5) is 9.33. The number of aromatic nitrogens is 3. The molecule has 140 valence electrons. The molecule has 2 aliphatic rings. The number of benzene rings is 1. The molecule has 7 heteroatoms. The van der Waals surface area contributed by atoms with Crippen LogP contribution in [-0.2, 0) is 11.3 Å². The molecule has 1 spiro atoms. The quantitative estimate of drug-likeness (QED) is 0.753. The lowest BCUT2D eigenvalue weighted by molar-refractivity contribution is -0.0974. The second-order valence-electron chi connectivity index (χ2n) is 7.36. The fourth-order valence-corrected chi connectivity index (χ4v) is 4.88. The first-order valence-corrected chi connectivity index (χ1v) is 10.3. The number of H-pyrrole nitrogens is 1. The molecule has 0 amide bonds. The van der Waals surface area contributed by atoms with Crippen LogP contribution in [-0.4, -0.2) is 58.5 Å². The van der Waals surface area contributed by atoms with E-state index < -0.39 is 0 Å². The van der Waals surface area contributed by atoms with Gasteiger partial charge >= 0.3 is 0 Å². The van der Waals surface area contributed by atoms with Crippen molar-refractivity contribution < 1.29 is 4.74 Å². The summed E-state index contributed by atoms with van der Waals surface area (Å²) >= 11 is 1.70. The topological polar surface area (TPSA) is 57.3 Å². The van der Waals surface area contributed by atoms with Crippen molar-refractivity contribution in [1.82, 2.24) is 20.1 Å². The van der Waals surface area contributed by atoms with Gasteiger partial charge in [0.1, 0.15) is 5.60 Å². The number of hydrogen-bond acceptors (Lipinski definition) is 6. The van der Waals surface area contributed by atoms with Crippen LogP contribution >= 0.6 is 11.3 Å². The summed E-state index contributed by atoms with van der Waals surface area (Å²) in [5.74, 6) is 0. The van der Waals surface area contributed by atoms with E-state index in [-0.39, 0.29) is 5.60 Å². The summed E-state index contributed by atoms with van der Waals surface area (Å²) in [7, 11) is 0. The van der Waals surface area contributed by atoms with Gasteiger partial charge in [0.05, 0.1) is 25.0 Å². The molecule has 2 fully saturated rings. The highest BCUT2D eigenvalue weighted by Gasteiger charge is 2.43. The van der Waals surface area contributed by atoms with Crippen molar-refractivity contribution in [1.29, 1.82) is 0 Å². The van der Waals surface area contributed by atoms with Crippen molar-refractivity contribution in [2.24, 2.45) is 0 Å². The van der Waals surface area contributed by atoms with Gasteiger partial charge in [0.15, 0.2) is 5.13 Å². The lowest BCUT2D eigenvalue weighted by Gasteiger charge is -2.40. The zero-order valence-corrected chi connectivity index (χ0v) is 16.0. The number of nitrogens with one attached hydrogen (secondary N) is 1. The van der Waals surface area contributed by atoms with Crippen LogP contribution in [0.4, 0.5) is 5.13 Å². The summed E-state index contributed by atoms with van der Waals surface area (Å²) < 4.78 is 6.29. The van der Waals surface area contributed by atoms with E-state index in [1.807, 2.05) is 23.8 Å². The Kier molecular flexibility index (Phi) is 4.43. The number of morpholine rings is 1. The molecule has 6 nitrogen and oxygen atoms in total. The standard InChI is InChI=1S/C20H23N5OS/c1-2-4-16(5-3-1)18-17(12-22-23-18)13-24-9-10-26-20(14-24)6-8-25(15-20)19-21-7-11-27-19/h1-5,7,11-12H,6,8-10,13-15H2,(H,22,23). The van der Waals surface area contributed by atoms with E-state index in [0.717, 1.165) is 56.6 Å². The first kappa shape index (κ1) is 16.9. The van der Waals surface area contributed by atoms with Crippen LogP contribution in [0.3, 0.4) is 0 Å². The van der Waals surface area contributed by atoms with E-state index >= 15 is 0 Å². The molecule has 2 aliphatic heterocycles. The third kappa shape index (κ3) is 3.38. The number of hydrogen-bond donors (Lipinski definition) is 1. The number of rotatable bonds is 4. The highest BCUT2D eigenvalue weighted by Crippen LogP contribution is 2.34. The van der Waals surface area contributed by atoms with Crippen LogP contribution in [0.2, 0.25) is 0 Å². The van der Waals surface area contributed by atoms with Gasteiger partial charge in [-0.15, -0.1) is 11.3 Å². The van der Waals surface area contributed by atoms with Gasteiger partial charge in [-0.05, 0) is 12.0 Å². The van der Waals surface area contributed by atoms with Gasteiger partial charge in [-0.3, -0.25) is 10.00 Å². The Balaban J connectivity index is 1.30. The summed E-state index contributed by atoms with van der Waals surface area (Å²) in [6, 6.07) is 10.4. The molecule has 1 aromatic carbocycles. The summed E-state index contributed by atoms with van der Waals surface area (Å²) in [6.45, 7) is 5.52. The van der Waals surface area contributed by atoms with Crippen LogP contribution in [0, 0.1) is 0 Å². The molecule has 0 saturated carbocycles. The average Bonchev–Trinajstić information content (AvgIpc) is 3.44. The fourth-order valence-electron chi connectivity index (χ4n) is 4.21. The van der Waals surface area contributed by atoms with Gasteiger partial charge in [0.25, 0.3) is 0 Å². The summed E-state index contributed by atoms with van der Waals surface area (Å²) in [5.41, 5.74) is 3.46. The molecule has 2 aromatic heterocycles. The first-order chi connectivity index (χ1) is 13.3. The van der Waals surface area contributed by atoms with E-state index in [1.54, 1.807) is 11.3 Å². The number of thiazole rings is 1. The second-order valence-corrected chi connectivity index (χ2v) is 8.24. The monoisotopic (exact) mass is 381 g/mol.